The number of nitrogen functional groups attached to an aromatic ring is 1. The summed E-state index contributed by atoms with van der Waals surface area (Å²) in [4.78, 5) is 19.8. The lowest BCUT2D eigenvalue weighted by Gasteiger charge is -2.21. The molecule has 44 heavy (non-hydrogen) atoms. The van der Waals surface area contributed by atoms with Crippen LogP contribution in [0.15, 0.2) is 48.8 Å². The highest BCUT2D eigenvalue weighted by Gasteiger charge is 2.41. The summed E-state index contributed by atoms with van der Waals surface area (Å²) in [6, 6.07) is 11.6. The van der Waals surface area contributed by atoms with E-state index >= 15 is 0 Å². The number of nitrogens with one attached hydrogen (secondary N) is 2. The van der Waals surface area contributed by atoms with Crippen molar-refractivity contribution in [2.75, 3.05) is 22.5 Å². The first-order valence-corrected chi connectivity index (χ1v) is 14.4. The van der Waals surface area contributed by atoms with Gasteiger partial charge in [-0.3, -0.25) is 9.69 Å². The van der Waals surface area contributed by atoms with Crippen LogP contribution in [0.5, 0.6) is 0 Å². The van der Waals surface area contributed by atoms with E-state index in [0.717, 1.165) is 11.6 Å². The minimum absolute atomic E-state index is 0.0261. The van der Waals surface area contributed by atoms with Gasteiger partial charge in [0.15, 0.2) is 5.82 Å². The molecule has 0 unspecified atom stereocenters. The number of anilines is 3. The number of amides is 1. The summed E-state index contributed by atoms with van der Waals surface area (Å²) < 4.78 is 44.8. The molecule has 4 aromatic rings. The molecule has 1 amide bonds. The van der Waals surface area contributed by atoms with E-state index in [1.54, 1.807) is 35.2 Å². The number of hydrogen-bond donors (Lipinski definition) is 3. The van der Waals surface area contributed by atoms with Gasteiger partial charge in [-0.2, -0.15) is 13.2 Å². The number of aromatic nitrogens is 4. The number of alkyl halides is 3. The number of benzene rings is 2. The number of halogens is 3. The monoisotopic (exact) mass is 606 g/mol. The number of hydrogen-bond acceptors (Lipinski definition) is 7. The van der Waals surface area contributed by atoms with Crippen LogP contribution in [0.4, 0.5) is 30.5 Å². The average Bonchev–Trinajstić information content (AvgIpc) is 3.52. The highest BCUT2D eigenvalue weighted by Crippen LogP contribution is 2.41. The topological polar surface area (TPSA) is 114 Å². The number of carbonyl (C=O) groups excluding carboxylic acids is 1. The zero-order valence-corrected chi connectivity index (χ0v) is 25.7. The minimum atomic E-state index is -4.63. The molecule has 2 aromatic heterocycles. The zero-order valence-electron chi connectivity index (χ0n) is 25.7. The van der Waals surface area contributed by atoms with Gasteiger partial charge in [-0.1, -0.05) is 13.8 Å². The number of fused-ring (bicyclic) bond motifs is 1. The number of aryl methyl sites for hydroxylation is 1. The second kappa shape index (κ2) is 11.6. The first-order valence-electron chi connectivity index (χ1n) is 14.4. The largest absolute Gasteiger partial charge is 0.416 e. The lowest BCUT2D eigenvalue weighted by molar-refractivity contribution is -0.138. The fraction of sp³-hybridized carbons (Fsp3) is 0.375. The normalized spacial score (nSPS) is 13.6. The number of pyridine rings is 1. The molecule has 0 saturated carbocycles. The van der Waals surface area contributed by atoms with E-state index in [1.165, 1.54) is 4.90 Å². The predicted octanol–water partition coefficient (Wildman–Crippen LogP) is 6.26. The Hall–Kier alpha value is -4.45. The van der Waals surface area contributed by atoms with E-state index < -0.39 is 17.6 Å². The van der Waals surface area contributed by atoms with E-state index in [-0.39, 0.29) is 41.5 Å². The Morgan fingerprint density at radius 1 is 1.02 bits per heavy atom. The van der Waals surface area contributed by atoms with Crippen molar-refractivity contribution >= 4 is 23.2 Å². The van der Waals surface area contributed by atoms with Crippen LogP contribution in [0.1, 0.15) is 61.7 Å². The van der Waals surface area contributed by atoms with Gasteiger partial charge in [0.25, 0.3) is 5.91 Å². The Morgan fingerprint density at radius 2 is 1.77 bits per heavy atom. The molecule has 0 fully saturated rings. The predicted molar refractivity (Wildman–Crippen MR) is 166 cm³/mol. The van der Waals surface area contributed by atoms with E-state index in [4.69, 9.17) is 10.7 Å². The molecule has 0 bridgehead atoms. The van der Waals surface area contributed by atoms with Crippen LogP contribution in [0.2, 0.25) is 0 Å². The van der Waals surface area contributed by atoms with Gasteiger partial charge in [-0.05, 0) is 91.4 Å². The van der Waals surface area contributed by atoms with Gasteiger partial charge in [0, 0.05) is 42.5 Å². The van der Waals surface area contributed by atoms with Crippen molar-refractivity contribution < 1.29 is 18.0 Å². The molecule has 9 nitrogen and oxygen atoms in total. The van der Waals surface area contributed by atoms with Gasteiger partial charge in [0.1, 0.15) is 18.0 Å². The Balaban J connectivity index is 1.62. The van der Waals surface area contributed by atoms with Gasteiger partial charge in [0.05, 0.1) is 12.1 Å². The van der Waals surface area contributed by atoms with Crippen LogP contribution in [0.25, 0.3) is 22.5 Å². The Kier molecular flexibility index (Phi) is 8.15. The van der Waals surface area contributed by atoms with Crippen LogP contribution >= 0.6 is 0 Å². The van der Waals surface area contributed by atoms with Crippen molar-refractivity contribution in [2.45, 2.75) is 59.4 Å². The summed E-state index contributed by atoms with van der Waals surface area (Å²) in [6.07, 6.45) is -3.04. The Labute approximate surface area is 254 Å². The van der Waals surface area contributed by atoms with Crippen LogP contribution < -0.4 is 21.3 Å². The number of rotatable bonds is 8. The third kappa shape index (κ3) is 6.54. The summed E-state index contributed by atoms with van der Waals surface area (Å²) in [5.41, 5.74) is 8.07. The van der Waals surface area contributed by atoms with Gasteiger partial charge in [-0.15, -0.1) is 10.2 Å². The standard InChI is InChI=1S/C32H37F3N8O/c1-18(2)14-37-27-11-20(23-13-21(36)7-8-22(23)29-41-39-17-42(29)6)12-28(40-27)43-16-25-24(30(43)44)9-19(15-38-31(3,4)5)10-26(25)32(33,34)35/h7-13,17-18,38H,14-16,36H2,1-6H3,(H,37,40). The molecule has 5 rings (SSSR count). The summed E-state index contributed by atoms with van der Waals surface area (Å²) >= 11 is 0. The lowest BCUT2D eigenvalue weighted by Crippen LogP contribution is -2.35. The fourth-order valence-corrected chi connectivity index (χ4v) is 5.11. The molecule has 2 aromatic carbocycles. The average molecular weight is 607 g/mol. The quantitative estimate of drug-likeness (QED) is 0.203. The maximum absolute atomic E-state index is 14.3. The van der Waals surface area contributed by atoms with Gasteiger partial charge >= 0.3 is 6.18 Å². The third-order valence-corrected chi connectivity index (χ3v) is 7.32. The smallest absolute Gasteiger partial charge is 0.399 e. The van der Waals surface area contributed by atoms with Gasteiger partial charge in [0.2, 0.25) is 0 Å². The molecule has 3 heterocycles. The van der Waals surface area contributed by atoms with E-state index in [0.29, 0.717) is 40.6 Å². The summed E-state index contributed by atoms with van der Waals surface area (Å²) in [7, 11) is 1.83. The van der Waals surface area contributed by atoms with Crippen molar-refractivity contribution in [3.8, 4) is 22.5 Å². The maximum atomic E-state index is 14.3. The van der Waals surface area contributed by atoms with Gasteiger partial charge < -0.3 is 20.9 Å². The SMILES string of the molecule is CC(C)CNc1cc(-c2cc(N)ccc2-c2nncn2C)cc(N2Cc3c(cc(CNC(C)(C)C)cc3C(F)(F)F)C2=O)n1. The Bertz CT molecular complexity index is 1700. The molecule has 0 radical (unpaired) electrons. The molecule has 0 aliphatic carbocycles. The zero-order chi connectivity index (χ0) is 32.0. The van der Waals surface area contributed by atoms with Crippen LogP contribution in [0, 0.1) is 5.92 Å². The molecule has 1 aliphatic rings. The van der Waals surface area contributed by atoms with Crippen molar-refractivity contribution in [1.29, 1.82) is 0 Å². The maximum Gasteiger partial charge on any atom is 0.416 e. The second-order valence-electron chi connectivity index (χ2n) is 12.6. The Morgan fingerprint density at radius 3 is 2.41 bits per heavy atom. The second-order valence-corrected chi connectivity index (χ2v) is 12.6. The summed E-state index contributed by atoms with van der Waals surface area (Å²) in [5, 5.41) is 14.8. The van der Waals surface area contributed by atoms with Crippen LogP contribution in [-0.4, -0.2) is 37.7 Å². The van der Waals surface area contributed by atoms with Crippen molar-refractivity contribution in [1.82, 2.24) is 25.1 Å². The molecular weight excluding hydrogens is 569 g/mol. The molecule has 0 spiro atoms. The summed E-state index contributed by atoms with van der Waals surface area (Å²) in [6.45, 7) is 10.4. The van der Waals surface area contributed by atoms with E-state index in [2.05, 4.69) is 20.8 Å². The molecule has 12 heteroatoms. The van der Waals surface area contributed by atoms with Crippen molar-refractivity contribution in [3.63, 3.8) is 0 Å². The number of nitrogens with two attached hydrogens (primary N) is 1. The molecule has 232 valence electrons. The molecule has 4 N–H and O–H groups in total. The highest BCUT2D eigenvalue weighted by molar-refractivity contribution is 6.10. The lowest BCUT2D eigenvalue weighted by atomic mass is 9.98. The highest BCUT2D eigenvalue weighted by atomic mass is 19.4. The number of nitrogens with zero attached hydrogens (tertiary/aromatic N) is 5. The molecule has 0 atom stereocenters. The molecule has 0 saturated heterocycles. The van der Waals surface area contributed by atoms with Gasteiger partial charge in [-0.25, -0.2) is 4.98 Å². The third-order valence-electron chi connectivity index (χ3n) is 7.32. The van der Waals surface area contributed by atoms with E-state index in [9.17, 15) is 18.0 Å². The molecule has 1 aliphatic heterocycles. The fourth-order valence-electron chi connectivity index (χ4n) is 5.11. The van der Waals surface area contributed by atoms with Crippen LogP contribution in [-0.2, 0) is 26.3 Å². The van der Waals surface area contributed by atoms with Crippen LogP contribution in [0.3, 0.4) is 0 Å². The van der Waals surface area contributed by atoms with Crippen molar-refractivity contribution in [2.24, 2.45) is 13.0 Å². The first kappa shape index (κ1) is 31.0. The first-order chi connectivity index (χ1) is 20.6. The van der Waals surface area contributed by atoms with Crippen molar-refractivity contribution in [3.05, 3.63) is 71.0 Å². The summed E-state index contributed by atoms with van der Waals surface area (Å²) in [5.74, 6) is 1.06. The minimum Gasteiger partial charge on any atom is -0.399 e. The molecular formula is C32H37F3N8O. The number of carbonyl (C=O) groups is 1. The van der Waals surface area contributed by atoms with E-state index in [1.807, 2.05) is 53.8 Å².